The van der Waals surface area contributed by atoms with Gasteiger partial charge in [0.25, 0.3) is 0 Å². The molecule has 0 fully saturated rings. The van der Waals surface area contributed by atoms with Crippen LogP contribution in [0.3, 0.4) is 0 Å². The quantitative estimate of drug-likeness (QED) is 0.677. The molecule has 28 heavy (non-hydrogen) atoms. The first kappa shape index (κ1) is 23.5. The van der Waals surface area contributed by atoms with Gasteiger partial charge in [-0.15, -0.1) is 0 Å². The molecule has 0 aliphatic carbocycles. The number of hydrogen-bond donors (Lipinski definition) is 1. The molecule has 0 saturated heterocycles. The van der Waals surface area contributed by atoms with E-state index >= 15 is 0 Å². The zero-order valence-corrected chi connectivity index (χ0v) is 17.4. The van der Waals surface area contributed by atoms with Crippen LogP contribution in [0.1, 0.15) is 47.1 Å². The summed E-state index contributed by atoms with van der Waals surface area (Å²) in [7, 11) is 0. The lowest BCUT2D eigenvalue weighted by Gasteiger charge is -2.21. The Hall–Kier alpha value is -2.54. The van der Waals surface area contributed by atoms with Crippen LogP contribution < -0.4 is 9.47 Å². The minimum Gasteiger partial charge on any atom is -0.478 e. The summed E-state index contributed by atoms with van der Waals surface area (Å²) in [6, 6.07) is 4.99. The lowest BCUT2D eigenvalue weighted by atomic mass is 10.2. The third-order valence-electron chi connectivity index (χ3n) is 2.91. The molecule has 1 rings (SSSR count). The topological polar surface area (TPSA) is 91.3 Å². The number of benzene rings is 1. The van der Waals surface area contributed by atoms with Crippen molar-refractivity contribution in [3.63, 3.8) is 0 Å². The average Bonchev–Trinajstić information content (AvgIpc) is 2.53. The largest absolute Gasteiger partial charge is 0.478 e. The summed E-state index contributed by atoms with van der Waals surface area (Å²) in [6.45, 7) is 9.87. The Morgan fingerprint density at radius 2 is 1.39 bits per heavy atom. The summed E-state index contributed by atoms with van der Waals surface area (Å²) in [5, 5.41) is 8.92. The molecule has 1 aromatic carbocycles. The summed E-state index contributed by atoms with van der Waals surface area (Å²) in [6.07, 6.45) is 3.26. The first-order valence-corrected chi connectivity index (χ1v) is 9.00. The zero-order chi connectivity index (χ0) is 21.4. The maximum atomic E-state index is 11.9. The van der Waals surface area contributed by atoms with E-state index < -0.39 is 23.1 Å². The number of carbonyl (C=O) groups is 2. The Morgan fingerprint density at radius 3 is 1.86 bits per heavy atom. The van der Waals surface area contributed by atoms with Gasteiger partial charge in [0.2, 0.25) is 0 Å². The van der Waals surface area contributed by atoms with E-state index in [1.165, 1.54) is 0 Å². The third-order valence-corrected chi connectivity index (χ3v) is 2.91. The van der Waals surface area contributed by atoms with Gasteiger partial charge in [-0.05, 0) is 59.2 Å². The highest BCUT2D eigenvalue weighted by Crippen LogP contribution is 2.29. The fourth-order valence-electron chi connectivity index (χ4n) is 2.06. The fraction of sp³-hybridized carbons (Fsp3) is 0.524. The van der Waals surface area contributed by atoms with Gasteiger partial charge >= 0.3 is 11.9 Å². The fourth-order valence-corrected chi connectivity index (χ4v) is 2.06. The number of carbonyl (C=O) groups excluding carboxylic acids is 2. The van der Waals surface area contributed by atoms with Gasteiger partial charge in [0.15, 0.2) is 24.7 Å². The number of aliphatic hydroxyl groups is 1. The van der Waals surface area contributed by atoms with Gasteiger partial charge in [0, 0.05) is 0 Å². The smallest absolute Gasteiger partial charge is 0.344 e. The van der Waals surface area contributed by atoms with Crippen LogP contribution in [0.4, 0.5) is 0 Å². The van der Waals surface area contributed by atoms with Crippen molar-refractivity contribution in [1.82, 2.24) is 0 Å². The van der Waals surface area contributed by atoms with Crippen LogP contribution >= 0.6 is 0 Å². The first-order chi connectivity index (χ1) is 12.9. The molecule has 0 atom stereocenters. The highest BCUT2D eigenvalue weighted by molar-refractivity contribution is 5.72. The molecule has 0 aliphatic heterocycles. The maximum Gasteiger partial charge on any atom is 0.344 e. The van der Waals surface area contributed by atoms with Crippen LogP contribution in [0.2, 0.25) is 0 Å². The molecule has 0 unspecified atom stereocenters. The Balaban J connectivity index is 2.88. The van der Waals surface area contributed by atoms with E-state index in [4.69, 9.17) is 24.1 Å². The van der Waals surface area contributed by atoms with Crippen molar-refractivity contribution < 1.29 is 33.6 Å². The van der Waals surface area contributed by atoms with Crippen molar-refractivity contribution >= 4 is 18.0 Å². The summed E-state index contributed by atoms with van der Waals surface area (Å²) < 4.78 is 21.5. The van der Waals surface area contributed by atoms with Crippen molar-refractivity contribution in [1.29, 1.82) is 0 Å². The highest BCUT2D eigenvalue weighted by Gasteiger charge is 2.19. The van der Waals surface area contributed by atoms with E-state index in [1.807, 2.05) is 0 Å². The number of ether oxygens (including phenoxy) is 4. The second-order valence-corrected chi connectivity index (χ2v) is 8.04. The van der Waals surface area contributed by atoms with Crippen molar-refractivity contribution in [2.24, 2.45) is 0 Å². The molecule has 0 saturated carbocycles. The lowest BCUT2D eigenvalue weighted by Crippen LogP contribution is -2.28. The summed E-state index contributed by atoms with van der Waals surface area (Å²) in [5.41, 5.74) is -0.504. The van der Waals surface area contributed by atoms with Crippen LogP contribution in [-0.4, -0.2) is 48.1 Å². The van der Waals surface area contributed by atoms with Crippen LogP contribution in [-0.2, 0) is 19.1 Å². The van der Waals surface area contributed by atoms with Crippen LogP contribution in [0.25, 0.3) is 6.08 Å². The maximum absolute atomic E-state index is 11.9. The van der Waals surface area contributed by atoms with Gasteiger partial charge in [-0.3, -0.25) is 0 Å². The molecule has 7 heteroatoms. The third kappa shape index (κ3) is 9.97. The number of aliphatic hydroxyl groups excluding tert-OH is 1. The summed E-state index contributed by atoms with van der Waals surface area (Å²) in [4.78, 5) is 23.8. The van der Waals surface area contributed by atoms with Gasteiger partial charge in [-0.1, -0.05) is 18.2 Å². The highest BCUT2D eigenvalue weighted by atomic mass is 16.6. The van der Waals surface area contributed by atoms with E-state index in [-0.39, 0.29) is 31.3 Å². The molecule has 1 aromatic rings. The van der Waals surface area contributed by atoms with E-state index in [0.717, 1.165) is 5.56 Å². The number of esters is 2. The molecule has 0 heterocycles. The van der Waals surface area contributed by atoms with Crippen LogP contribution in [0, 0.1) is 0 Å². The number of rotatable bonds is 8. The van der Waals surface area contributed by atoms with Crippen LogP contribution in [0.5, 0.6) is 11.5 Å². The van der Waals surface area contributed by atoms with Crippen molar-refractivity contribution in [3.8, 4) is 11.5 Å². The van der Waals surface area contributed by atoms with Crippen molar-refractivity contribution in [2.75, 3.05) is 19.8 Å². The first-order valence-electron chi connectivity index (χ1n) is 9.00. The molecule has 0 amide bonds. The van der Waals surface area contributed by atoms with Gasteiger partial charge in [0.1, 0.15) is 11.2 Å². The second kappa shape index (κ2) is 10.1. The molecule has 0 aliphatic rings. The summed E-state index contributed by atoms with van der Waals surface area (Å²) >= 11 is 0. The van der Waals surface area contributed by atoms with Gasteiger partial charge < -0.3 is 24.1 Å². The van der Waals surface area contributed by atoms with Gasteiger partial charge in [-0.25, -0.2) is 9.59 Å². The molecule has 0 bridgehead atoms. The molecular formula is C21H30O7. The molecule has 0 aromatic heterocycles. The molecule has 1 N–H and O–H groups in total. The molecule has 0 radical (unpaired) electrons. The van der Waals surface area contributed by atoms with Crippen molar-refractivity contribution in [2.45, 2.75) is 52.7 Å². The van der Waals surface area contributed by atoms with Crippen LogP contribution in [0.15, 0.2) is 24.3 Å². The Bertz CT molecular complexity index is 694. The van der Waals surface area contributed by atoms with E-state index in [0.29, 0.717) is 0 Å². The Morgan fingerprint density at radius 1 is 0.893 bits per heavy atom. The molecule has 7 nitrogen and oxygen atoms in total. The standard InChI is InChI=1S/C21H30O7/c1-20(2,3)27-18(23)13-25-16-10-9-15(8-7-11-22)12-17(16)26-14-19(24)28-21(4,5)6/h7-10,12,22H,11,13-14H2,1-6H3. The second-order valence-electron chi connectivity index (χ2n) is 8.04. The van der Waals surface area contributed by atoms with E-state index in [1.54, 1.807) is 71.9 Å². The van der Waals surface area contributed by atoms with Crippen molar-refractivity contribution in [3.05, 3.63) is 29.8 Å². The lowest BCUT2D eigenvalue weighted by molar-refractivity contribution is -0.158. The summed E-state index contributed by atoms with van der Waals surface area (Å²) in [5.74, 6) is -0.484. The normalized spacial score (nSPS) is 12.0. The monoisotopic (exact) mass is 394 g/mol. The van der Waals surface area contributed by atoms with Gasteiger partial charge in [-0.2, -0.15) is 0 Å². The molecule has 0 spiro atoms. The minimum absolute atomic E-state index is 0.106. The predicted molar refractivity (Wildman–Crippen MR) is 105 cm³/mol. The average molecular weight is 394 g/mol. The van der Waals surface area contributed by atoms with E-state index in [9.17, 15) is 9.59 Å². The SMILES string of the molecule is CC(C)(C)OC(=O)COc1ccc(C=CCO)cc1OCC(=O)OC(C)(C)C. The Kier molecular flexibility index (Phi) is 8.50. The van der Waals surface area contributed by atoms with Gasteiger partial charge in [0.05, 0.1) is 6.61 Å². The zero-order valence-electron chi connectivity index (χ0n) is 17.4. The Labute approximate surface area is 166 Å². The predicted octanol–water partition coefficient (Wildman–Crippen LogP) is 3.13. The minimum atomic E-state index is -0.623. The number of hydrogen-bond acceptors (Lipinski definition) is 7. The molecular weight excluding hydrogens is 364 g/mol. The molecule has 156 valence electrons. The van der Waals surface area contributed by atoms with E-state index in [2.05, 4.69) is 0 Å².